The molecule has 0 aromatic heterocycles. The van der Waals surface area contributed by atoms with E-state index < -0.39 is 6.10 Å². The van der Waals surface area contributed by atoms with Crippen molar-refractivity contribution in [3.63, 3.8) is 0 Å². The molecule has 0 radical (unpaired) electrons. The number of ether oxygens (including phenoxy) is 2. The van der Waals surface area contributed by atoms with Crippen molar-refractivity contribution in [2.24, 2.45) is 0 Å². The van der Waals surface area contributed by atoms with E-state index in [1.807, 2.05) is 0 Å². The van der Waals surface area contributed by atoms with Crippen molar-refractivity contribution in [3.05, 3.63) is 207 Å². The predicted molar refractivity (Wildman–Crippen MR) is 333 cm³/mol. The summed E-state index contributed by atoms with van der Waals surface area (Å²) in [6.45, 7) is 3.84. The molecular weight excluding hydrogens is 933 g/mol. The van der Waals surface area contributed by atoms with Crippen LogP contribution in [-0.4, -0.2) is 36.4 Å². The van der Waals surface area contributed by atoms with Crippen molar-refractivity contribution < 1.29 is 24.2 Å². The van der Waals surface area contributed by atoms with Crippen molar-refractivity contribution in [3.8, 4) is 0 Å². The maximum atomic E-state index is 12.3. The van der Waals surface area contributed by atoms with Crippen LogP contribution in [0.25, 0.3) is 0 Å². The van der Waals surface area contributed by atoms with Crippen molar-refractivity contribution in [2.75, 3.05) is 13.2 Å². The van der Waals surface area contributed by atoms with Crippen molar-refractivity contribution in [1.29, 1.82) is 0 Å². The Morgan fingerprint density at radius 3 is 0.829 bits per heavy atom. The SMILES string of the molecule is CC/C=C\C/C=C\C/C=C\C/C=C\C/C=C\C/C=C\C/C=C\C/C=C\C/C=C\C/C=C\CCCCCCCCCCC(=O)OC(CO)COC(=O)CCC/C=C\C/C=C\C/C=C\C/C=C\C/C=C\C/C=C\C/C=C\CC. The highest BCUT2D eigenvalue weighted by molar-refractivity contribution is 5.70. The van der Waals surface area contributed by atoms with Gasteiger partial charge in [0.25, 0.3) is 0 Å². The number of carbonyl (C=O) groups excluding carboxylic acids is 2. The Labute approximate surface area is 466 Å². The molecule has 1 unspecified atom stereocenters. The van der Waals surface area contributed by atoms with Crippen LogP contribution in [-0.2, 0) is 19.1 Å². The molecule has 0 saturated heterocycles. The summed E-state index contributed by atoms with van der Waals surface area (Å²) in [5, 5.41) is 9.65. The van der Waals surface area contributed by atoms with Gasteiger partial charge in [-0.15, -0.1) is 0 Å². The van der Waals surface area contributed by atoms with E-state index in [9.17, 15) is 14.7 Å². The fraction of sp³-hybridized carbons (Fsp3) is 0.493. The van der Waals surface area contributed by atoms with Crippen LogP contribution < -0.4 is 0 Å². The topological polar surface area (TPSA) is 72.8 Å². The summed E-state index contributed by atoms with van der Waals surface area (Å²) in [5.41, 5.74) is 0. The van der Waals surface area contributed by atoms with Gasteiger partial charge in [-0.1, -0.05) is 259 Å². The summed E-state index contributed by atoms with van der Waals surface area (Å²) < 4.78 is 10.6. The normalized spacial score (nSPS) is 13.8. The fourth-order valence-corrected chi connectivity index (χ4v) is 7.22. The van der Waals surface area contributed by atoms with Crippen molar-refractivity contribution in [2.45, 2.75) is 213 Å². The molecule has 0 bridgehead atoms. The number of carbonyl (C=O) groups is 2. The Hall–Kier alpha value is -5.52. The minimum Gasteiger partial charge on any atom is -0.462 e. The van der Waals surface area contributed by atoms with Gasteiger partial charge in [0.2, 0.25) is 0 Å². The summed E-state index contributed by atoms with van der Waals surface area (Å²) in [7, 11) is 0. The van der Waals surface area contributed by atoms with Gasteiger partial charge in [0.15, 0.2) is 6.10 Å². The zero-order valence-electron chi connectivity index (χ0n) is 47.9. The second-order valence-corrected chi connectivity index (χ2v) is 18.6. The minimum atomic E-state index is -0.818. The van der Waals surface area contributed by atoms with Crippen LogP contribution in [0.5, 0.6) is 0 Å². The Balaban J connectivity index is 3.70. The van der Waals surface area contributed by atoms with Crippen molar-refractivity contribution >= 4 is 11.9 Å². The lowest BCUT2D eigenvalue weighted by Crippen LogP contribution is -2.28. The first-order valence-electron chi connectivity index (χ1n) is 29.6. The number of esters is 2. The van der Waals surface area contributed by atoms with Gasteiger partial charge < -0.3 is 14.6 Å². The summed E-state index contributed by atoms with van der Waals surface area (Å²) in [5.74, 6) is -0.688. The number of rotatable bonds is 51. The summed E-state index contributed by atoms with van der Waals surface area (Å²) in [4.78, 5) is 24.5. The van der Waals surface area contributed by atoms with Crippen LogP contribution in [0.3, 0.4) is 0 Å². The monoisotopic (exact) mass is 1040 g/mol. The van der Waals surface area contributed by atoms with E-state index in [4.69, 9.17) is 9.47 Å². The Morgan fingerprint density at radius 1 is 0.303 bits per heavy atom. The first-order valence-corrected chi connectivity index (χ1v) is 29.6. The number of unbranched alkanes of at least 4 members (excludes halogenated alkanes) is 9. The second-order valence-electron chi connectivity index (χ2n) is 18.6. The molecule has 420 valence electrons. The number of aliphatic hydroxyl groups excluding tert-OH is 1. The molecule has 1 N–H and O–H groups in total. The zero-order valence-corrected chi connectivity index (χ0v) is 47.9. The van der Waals surface area contributed by atoms with E-state index in [-0.39, 0.29) is 31.6 Å². The van der Waals surface area contributed by atoms with Crippen LogP contribution in [0.1, 0.15) is 206 Å². The van der Waals surface area contributed by atoms with E-state index in [2.05, 4.69) is 220 Å². The fourth-order valence-electron chi connectivity index (χ4n) is 7.22. The number of allylic oxidation sites excluding steroid dienone is 34. The highest BCUT2D eigenvalue weighted by atomic mass is 16.6. The molecule has 0 rings (SSSR count). The average molecular weight is 1040 g/mol. The van der Waals surface area contributed by atoms with Gasteiger partial charge in [0, 0.05) is 12.8 Å². The van der Waals surface area contributed by atoms with Crippen LogP contribution in [0.2, 0.25) is 0 Å². The van der Waals surface area contributed by atoms with Gasteiger partial charge in [-0.2, -0.15) is 0 Å². The van der Waals surface area contributed by atoms with Gasteiger partial charge in [0.1, 0.15) is 6.61 Å². The number of aliphatic hydroxyl groups is 1. The molecule has 76 heavy (non-hydrogen) atoms. The standard InChI is InChI=1S/C71H106O5/c1-3-5-7-9-11-13-15-17-19-21-23-25-27-28-29-30-31-32-33-34-35-36-37-38-39-40-41-42-44-46-48-50-52-54-56-58-60-62-64-66-71(74)76-69(67-72)68-75-70(73)65-63-61-59-57-55-53-51-49-47-45-43-26-24-22-20-18-16-14-12-10-8-6-4-2/h5-8,11-14,17-20,23-26,28-29,31-32,34-35,37-38,40-41,44-47,51,53,57,59,69,72H,3-4,9-10,15-16,21-22,27,30,33,36,39,42-43,48-50,52,54-56,58,60-68H2,1-2H3/b7-5-,8-6-,13-11-,14-12-,19-17-,20-18-,25-23-,26-24-,29-28-,32-31-,35-34-,38-37-,41-40-,46-44-,47-45-,53-51-,59-57-. The highest BCUT2D eigenvalue weighted by Gasteiger charge is 2.16. The third-order valence-electron chi connectivity index (χ3n) is 11.6. The van der Waals surface area contributed by atoms with E-state index >= 15 is 0 Å². The lowest BCUT2D eigenvalue weighted by atomic mass is 10.1. The highest BCUT2D eigenvalue weighted by Crippen LogP contribution is 2.12. The van der Waals surface area contributed by atoms with Crippen LogP contribution in [0.15, 0.2) is 207 Å². The van der Waals surface area contributed by atoms with Crippen LogP contribution >= 0.6 is 0 Å². The predicted octanol–water partition coefficient (Wildman–Crippen LogP) is 20.6. The molecule has 0 fully saturated rings. The van der Waals surface area contributed by atoms with E-state index in [1.54, 1.807) is 0 Å². The summed E-state index contributed by atoms with van der Waals surface area (Å²) in [6, 6.07) is 0. The summed E-state index contributed by atoms with van der Waals surface area (Å²) in [6.07, 6.45) is 104. The Kier molecular flexibility index (Phi) is 59.1. The van der Waals surface area contributed by atoms with Gasteiger partial charge in [0.05, 0.1) is 6.61 Å². The molecule has 0 saturated carbocycles. The molecule has 1 atom stereocenters. The van der Waals surface area contributed by atoms with Gasteiger partial charge in [-0.3, -0.25) is 9.59 Å². The third kappa shape index (κ3) is 61.0. The molecule has 0 heterocycles. The minimum absolute atomic E-state index is 0.114. The quantitative estimate of drug-likeness (QED) is 0.0373. The van der Waals surface area contributed by atoms with Gasteiger partial charge in [-0.05, 0) is 141 Å². The van der Waals surface area contributed by atoms with Gasteiger partial charge >= 0.3 is 11.9 Å². The molecule has 0 aliphatic heterocycles. The van der Waals surface area contributed by atoms with Crippen LogP contribution in [0, 0.1) is 0 Å². The first kappa shape index (κ1) is 70.5. The molecule has 0 aromatic carbocycles. The lowest BCUT2D eigenvalue weighted by molar-refractivity contribution is -0.161. The number of hydrogen-bond donors (Lipinski definition) is 1. The molecule has 0 spiro atoms. The summed E-state index contributed by atoms with van der Waals surface area (Å²) >= 11 is 0. The van der Waals surface area contributed by atoms with Crippen molar-refractivity contribution in [1.82, 2.24) is 0 Å². The third-order valence-corrected chi connectivity index (χ3v) is 11.6. The van der Waals surface area contributed by atoms with E-state index in [0.717, 1.165) is 141 Å². The molecule has 0 aromatic rings. The largest absolute Gasteiger partial charge is 0.462 e. The second kappa shape index (κ2) is 63.8. The lowest BCUT2D eigenvalue weighted by Gasteiger charge is -2.15. The molecular formula is C71H106O5. The zero-order chi connectivity index (χ0) is 54.8. The maximum Gasteiger partial charge on any atom is 0.306 e. The molecule has 5 nitrogen and oxygen atoms in total. The molecule has 5 heteroatoms. The van der Waals surface area contributed by atoms with E-state index in [1.165, 1.54) is 32.1 Å². The molecule has 0 aliphatic carbocycles. The Bertz CT molecular complexity index is 1840. The molecule has 0 amide bonds. The Morgan fingerprint density at radius 2 is 0.539 bits per heavy atom. The van der Waals surface area contributed by atoms with E-state index in [0.29, 0.717) is 12.8 Å². The average Bonchev–Trinajstić information content (AvgIpc) is 3.42. The van der Waals surface area contributed by atoms with Crippen LogP contribution in [0.4, 0.5) is 0 Å². The molecule has 0 aliphatic rings. The maximum absolute atomic E-state index is 12.3. The smallest absolute Gasteiger partial charge is 0.306 e. The number of hydrogen-bond acceptors (Lipinski definition) is 5. The van der Waals surface area contributed by atoms with Gasteiger partial charge in [-0.25, -0.2) is 0 Å². The first-order chi connectivity index (χ1) is 37.6.